The number of rotatable bonds is 10. The fourth-order valence-corrected chi connectivity index (χ4v) is 3.59. The van der Waals surface area contributed by atoms with E-state index < -0.39 is 0 Å². The lowest BCUT2D eigenvalue weighted by atomic mass is 9.99. The van der Waals surface area contributed by atoms with Crippen molar-refractivity contribution in [1.82, 2.24) is 25.3 Å². The van der Waals surface area contributed by atoms with Crippen molar-refractivity contribution in [3.05, 3.63) is 71.1 Å². The van der Waals surface area contributed by atoms with Gasteiger partial charge in [0, 0.05) is 37.5 Å². The highest BCUT2D eigenvalue weighted by molar-refractivity contribution is 5.79. The number of aromatic nitrogens is 3. The minimum Gasteiger partial charge on any atom is -0.359 e. The summed E-state index contributed by atoms with van der Waals surface area (Å²) in [5.74, 6) is 3.06. The fraction of sp³-hybridized carbons (Fsp3) is 0.458. The van der Waals surface area contributed by atoms with Crippen molar-refractivity contribution in [1.29, 1.82) is 0 Å². The van der Waals surface area contributed by atoms with Gasteiger partial charge in [0.1, 0.15) is 5.82 Å². The number of hydrogen-bond acceptors (Lipinski definition) is 4. The number of nitrogens with one attached hydrogen (secondary N) is 2. The van der Waals surface area contributed by atoms with E-state index in [1.165, 1.54) is 11.1 Å². The number of benzene rings is 1. The molecule has 3 aromatic rings. The maximum atomic E-state index is 5.51. The molecular weight excluding hydrogens is 388 g/mol. The summed E-state index contributed by atoms with van der Waals surface area (Å²) in [4.78, 5) is 9.04. The van der Waals surface area contributed by atoms with Crippen molar-refractivity contribution < 1.29 is 4.52 Å². The normalized spacial score (nSPS) is 11.8. The summed E-state index contributed by atoms with van der Waals surface area (Å²) in [5, 5.41) is 10.9. The van der Waals surface area contributed by atoms with Crippen molar-refractivity contribution >= 4 is 5.96 Å². The third-order valence-corrected chi connectivity index (χ3v) is 5.44. The first kappa shape index (κ1) is 22.6. The van der Waals surface area contributed by atoms with Crippen LogP contribution in [0.25, 0.3) is 0 Å². The lowest BCUT2D eigenvalue weighted by Crippen LogP contribution is -2.36. The zero-order chi connectivity index (χ0) is 22.1. The van der Waals surface area contributed by atoms with E-state index in [1.807, 2.05) is 19.3 Å². The Morgan fingerprint density at radius 1 is 1.13 bits per heavy atom. The van der Waals surface area contributed by atoms with Crippen LogP contribution in [0.5, 0.6) is 0 Å². The minimum atomic E-state index is 0.456. The largest absolute Gasteiger partial charge is 0.359 e. The molecule has 0 radical (unpaired) electrons. The Labute approximate surface area is 185 Å². The first-order valence-electron chi connectivity index (χ1n) is 11.2. The summed E-state index contributed by atoms with van der Waals surface area (Å²) in [5.41, 5.74) is 3.44. The van der Waals surface area contributed by atoms with Crippen molar-refractivity contribution in [3.63, 3.8) is 0 Å². The molecule has 0 aliphatic rings. The van der Waals surface area contributed by atoms with E-state index in [4.69, 9.17) is 9.52 Å². The average Bonchev–Trinajstić information content (AvgIpc) is 3.41. The third-order valence-electron chi connectivity index (χ3n) is 5.44. The maximum absolute atomic E-state index is 5.51. The number of hydrogen-bond donors (Lipinski definition) is 2. The first-order valence-corrected chi connectivity index (χ1v) is 11.2. The monoisotopic (exact) mass is 422 g/mol. The van der Waals surface area contributed by atoms with E-state index in [9.17, 15) is 0 Å². The van der Waals surface area contributed by atoms with Crippen molar-refractivity contribution in [2.24, 2.45) is 4.99 Å². The second-order valence-corrected chi connectivity index (χ2v) is 7.70. The van der Waals surface area contributed by atoms with Gasteiger partial charge in [0.15, 0.2) is 11.7 Å². The van der Waals surface area contributed by atoms with E-state index in [1.54, 1.807) is 0 Å². The fourth-order valence-electron chi connectivity index (χ4n) is 3.59. The molecule has 0 aliphatic heterocycles. The molecule has 0 bridgehead atoms. The molecule has 7 heteroatoms. The molecule has 0 saturated heterocycles. The molecule has 7 nitrogen and oxygen atoms in total. The van der Waals surface area contributed by atoms with Gasteiger partial charge in [-0.05, 0) is 37.8 Å². The zero-order valence-corrected chi connectivity index (χ0v) is 19.1. The van der Waals surface area contributed by atoms with E-state index in [-0.39, 0.29) is 0 Å². The molecule has 1 aromatic carbocycles. The predicted octanol–water partition coefficient (Wildman–Crippen LogP) is 4.39. The van der Waals surface area contributed by atoms with Crippen LogP contribution in [0.3, 0.4) is 0 Å². The van der Waals surface area contributed by atoms with Crippen molar-refractivity contribution in [2.45, 2.75) is 66.1 Å². The summed E-state index contributed by atoms with van der Waals surface area (Å²) in [6.07, 6.45) is 5.98. The van der Waals surface area contributed by atoms with Gasteiger partial charge in [0.25, 0.3) is 0 Å². The van der Waals surface area contributed by atoms with Gasteiger partial charge in [-0.15, -0.1) is 0 Å². The second kappa shape index (κ2) is 11.3. The molecule has 2 heterocycles. The lowest BCUT2D eigenvalue weighted by Gasteiger charge is -2.11. The van der Waals surface area contributed by atoms with E-state index in [0.29, 0.717) is 19.0 Å². The molecule has 0 unspecified atom stereocenters. The highest BCUT2D eigenvalue weighted by atomic mass is 16.5. The Bertz CT molecular complexity index is 970. The molecule has 2 N–H and O–H groups in total. The highest BCUT2D eigenvalue weighted by Gasteiger charge is 2.13. The van der Waals surface area contributed by atoms with Gasteiger partial charge in [-0.3, -0.25) is 0 Å². The number of aryl methyl sites for hydroxylation is 1. The predicted molar refractivity (Wildman–Crippen MR) is 124 cm³/mol. The number of guanidine groups is 1. The van der Waals surface area contributed by atoms with Gasteiger partial charge in [-0.1, -0.05) is 43.3 Å². The van der Waals surface area contributed by atoms with Crippen LogP contribution in [0.4, 0.5) is 0 Å². The summed E-state index contributed by atoms with van der Waals surface area (Å²) >= 11 is 0. The summed E-state index contributed by atoms with van der Waals surface area (Å²) < 4.78 is 7.65. The van der Waals surface area contributed by atoms with Gasteiger partial charge >= 0.3 is 0 Å². The number of nitrogens with zero attached hydrogens (tertiary/aromatic N) is 4. The van der Waals surface area contributed by atoms with Crippen molar-refractivity contribution in [2.75, 3.05) is 6.54 Å². The second-order valence-electron chi connectivity index (χ2n) is 7.70. The van der Waals surface area contributed by atoms with Crippen LogP contribution in [0.15, 0.2) is 52.2 Å². The smallest absolute Gasteiger partial charge is 0.191 e. The standard InChI is InChI=1S/C24H34N6O/c1-5-21(6-2)23-14-22(31-29-23)16-28-24(25-7-3)27-15-19-9-8-10-20(13-19)17-30-12-11-26-18(30)4/h8-14,21H,5-7,15-17H2,1-4H3,(H2,25,27,28). The molecule has 0 amide bonds. The molecule has 0 fully saturated rings. The van der Waals surface area contributed by atoms with Crippen LogP contribution in [-0.4, -0.2) is 27.2 Å². The van der Waals surface area contributed by atoms with E-state index in [0.717, 1.165) is 49.2 Å². The van der Waals surface area contributed by atoms with Gasteiger partial charge in [-0.25, -0.2) is 9.98 Å². The topological polar surface area (TPSA) is 80.3 Å². The SMILES string of the molecule is CCNC(=NCc1cccc(Cn2ccnc2C)c1)NCc1cc(C(CC)CC)no1. The van der Waals surface area contributed by atoms with Crippen molar-refractivity contribution in [3.8, 4) is 0 Å². The van der Waals surface area contributed by atoms with Crippen LogP contribution in [-0.2, 0) is 19.6 Å². The summed E-state index contributed by atoms with van der Waals surface area (Å²) in [6.45, 7) is 11.2. The Morgan fingerprint density at radius 2 is 1.94 bits per heavy atom. The molecule has 2 aromatic heterocycles. The van der Waals surface area contributed by atoms with E-state index in [2.05, 4.69) is 76.4 Å². The van der Waals surface area contributed by atoms with E-state index >= 15 is 0 Å². The molecular formula is C24H34N6O. The quantitative estimate of drug-likeness (QED) is 0.374. The maximum Gasteiger partial charge on any atom is 0.191 e. The van der Waals surface area contributed by atoms with Crippen LogP contribution >= 0.6 is 0 Å². The van der Waals surface area contributed by atoms with Crippen LogP contribution < -0.4 is 10.6 Å². The molecule has 0 atom stereocenters. The molecule has 166 valence electrons. The minimum absolute atomic E-state index is 0.456. The first-order chi connectivity index (χ1) is 15.1. The molecule has 3 rings (SSSR count). The molecule has 31 heavy (non-hydrogen) atoms. The third kappa shape index (κ3) is 6.44. The zero-order valence-electron chi connectivity index (χ0n) is 19.1. The number of aliphatic imine (C=N–C) groups is 1. The Kier molecular flexibility index (Phi) is 8.27. The highest BCUT2D eigenvalue weighted by Crippen LogP contribution is 2.22. The van der Waals surface area contributed by atoms with Crippen LogP contribution in [0.1, 0.15) is 67.9 Å². The molecule has 0 spiro atoms. The summed E-state index contributed by atoms with van der Waals surface area (Å²) in [7, 11) is 0. The van der Waals surface area contributed by atoms with Crippen LogP contribution in [0.2, 0.25) is 0 Å². The molecule has 0 aliphatic carbocycles. The lowest BCUT2D eigenvalue weighted by molar-refractivity contribution is 0.368. The van der Waals surface area contributed by atoms with Crippen LogP contribution in [0, 0.1) is 6.92 Å². The van der Waals surface area contributed by atoms with Gasteiger partial charge in [0.2, 0.25) is 0 Å². The van der Waals surface area contributed by atoms with Gasteiger partial charge < -0.3 is 19.7 Å². The molecule has 0 saturated carbocycles. The average molecular weight is 423 g/mol. The number of imidazole rings is 1. The Hall–Kier alpha value is -3.09. The summed E-state index contributed by atoms with van der Waals surface area (Å²) in [6, 6.07) is 10.6. The van der Waals surface area contributed by atoms with Gasteiger partial charge in [-0.2, -0.15) is 0 Å². The Balaban J connectivity index is 1.60. The Morgan fingerprint density at radius 3 is 2.65 bits per heavy atom. The van der Waals surface area contributed by atoms with Gasteiger partial charge in [0.05, 0.1) is 18.8 Å².